The van der Waals surface area contributed by atoms with E-state index in [9.17, 15) is 4.79 Å². The fourth-order valence-corrected chi connectivity index (χ4v) is 4.44. The van der Waals surface area contributed by atoms with Crippen molar-refractivity contribution in [3.63, 3.8) is 0 Å². The number of carbonyl (C=O) groups excluding carboxylic acids is 1. The van der Waals surface area contributed by atoms with Gasteiger partial charge in [-0.05, 0) is 49.7 Å². The molecule has 0 saturated heterocycles. The van der Waals surface area contributed by atoms with Crippen LogP contribution >= 0.6 is 23.2 Å². The maximum Gasteiger partial charge on any atom is 0.225 e. The summed E-state index contributed by atoms with van der Waals surface area (Å²) in [6.45, 7) is 1.92. The zero-order chi connectivity index (χ0) is 15.1. The Hall–Kier alpha value is -0.770. The van der Waals surface area contributed by atoms with E-state index in [0.717, 1.165) is 18.4 Å². The first-order valence-corrected chi connectivity index (χ1v) is 8.24. The second-order valence-corrected chi connectivity index (χ2v) is 7.09. The molecule has 1 aromatic rings. The van der Waals surface area contributed by atoms with Crippen molar-refractivity contribution >= 4 is 29.1 Å². The molecule has 2 bridgehead atoms. The molecule has 21 heavy (non-hydrogen) atoms. The molecule has 1 amide bonds. The fourth-order valence-electron chi connectivity index (χ4n) is 3.97. The predicted octanol–water partition coefficient (Wildman–Crippen LogP) is 3.54. The Bertz CT molecular complexity index is 561. The smallest absolute Gasteiger partial charge is 0.225 e. The van der Waals surface area contributed by atoms with E-state index < -0.39 is 0 Å². The average molecular weight is 327 g/mol. The molecule has 3 rings (SSSR count). The summed E-state index contributed by atoms with van der Waals surface area (Å²) in [4.78, 5) is 12.6. The highest BCUT2D eigenvalue weighted by Crippen LogP contribution is 2.47. The molecule has 0 aromatic heterocycles. The maximum atomic E-state index is 12.6. The van der Waals surface area contributed by atoms with Gasteiger partial charge in [-0.15, -0.1) is 0 Å². The van der Waals surface area contributed by atoms with Gasteiger partial charge in [0, 0.05) is 6.04 Å². The lowest BCUT2D eigenvalue weighted by molar-refractivity contribution is -0.127. The van der Waals surface area contributed by atoms with Crippen LogP contribution in [0.25, 0.3) is 0 Å². The first-order chi connectivity index (χ1) is 9.99. The van der Waals surface area contributed by atoms with Crippen molar-refractivity contribution in [1.29, 1.82) is 0 Å². The Balaban J connectivity index is 1.71. The highest BCUT2D eigenvalue weighted by molar-refractivity contribution is 6.42. The first-order valence-electron chi connectivity index (χ1n) is 7.49. The zero-order valence-corrected chi connectivity index (χ0v) is 13.5. The monoisotopic (exact) mass is 326 g/mol. The lowest BCUT2D eigenvalue weighted by Gasteiger charge is -2.28. The molecule has 2 aliphatic rings. The predicted molar refractivity (Wildman–Crippen MR) is 85.3 cm³/mol. The van der Waals surface area contributed by atoms with E-state index in [2.05, 4.69) is 5.32 Å². The summed E-state index contributed by atoms with van der Waals surface area (Å²) in [6.07, 6.45) is 3.40. The van der Waals surface area contributed by atoms with Gasteiger partial charge in [0.25, 0.3) is 0 Å². The lowest BCUT2D eigenvalue weighted by atomic mass is 9.84. The normalized spacial score (nSPS) is 32.2. The van der Waals surface area contributed by atoms with E-state index in [4.69, 9.17) is 28.9 Å². The lowest BCUT2D eigenvalue weighted by Crippen LogP contribution is -2.45. The van der Waals surface area contributed by atoms with Crippen LogP contribution in [0.4, 0.5) is 0 Å². The molecule has 0 unspecified atom stereocenters. The van der Waals surface area contributed by atoms with Gasteiger partial charge in [-0.1, -0.05) is 35.3 Å². The molecule has 2 fully saturated rings. The van der Waals surface area contributed by atoms with Crippen molar-refractivity contribution in [2.75, 3.05) is 0 Å². The molecule has 1 aromatic carbocycles. The van der Waals surface area contributed by atoms with Crippen LogP contribution in [0.5, 0.6) is 0 Å². The minimum absolute atomic E-state index is 0.00535. The van der Waals surface area contributed by atoms with Gasteiger partial charge in [0.1, 0.15) is 0 Å². The third-order valence-corrected chi connectivity index (χ3v) is 5.92. The number of hydrogen-bond donors (Lipinski definition) is 2. The molecule has 5 atom stereocenters. The number of hydrogen-bond acceptors (Lipinski definition) is 2. The van der Waals surface area contributed by atoms with Gasteiger partial charge in [0.15, 0.2) is 0 Å². The van der Waals surface area contributed by atoms with Crippen molar-refractivity contribution in [1.82, 2.24) is 5.32 Å². The van der Waals surface area contributed by atoms with Crippen LogP contribution in [0.3, 0.4) is 0 Å². The molecule has 5 heteroatoms. The van der Waals surface area contributed by atoms with E-state index in [1.165, 1.54) is 6.42 Å². The van der Waals surface area contributed by atoms with Crippen LogP contribution in [-0.4, -0.2) is 11.9 Å². The van der Waals surface area contributed by atoms with Crippen LogP contribution in [0.15, 0.2) is 18.2 Å². The number of rotatable bonds is 3. The third-order valence-electron chi connectivity index (χ3n) is 5.09. The number of fused-ring (bicyclic) bond motifs is 2. The SMILES string of the molecule is C[C@H](NC(=O)[C@@H]1[C@H]2CC[C@@H](C2)[C@@H]1N)c1cccc(Cl)c1Cl. The van der Waals surface area contributed by atoms with Crippen molar-refractivity contribution in [2.45, 2.75) is 38.3 Å². The quantitative estimate of drug-likeness (QED) is 0.892. The third kappa shape index (κ3) is 2.67. The summed E-state index contributed by atoms with van der Waals surface area (Å²) in [5.74, 6) is 0.977. The van der Waals surface area contributed by atoms with Gasteiger partial charge in [-0.25, -0.2) is 0 Å². The van der Waals surface area contributed by atoms with E-state index in [0.29, 0.717) is 21.9 Å². The minimum atomic E-state index is -0.171. The molecule has 3 nitrogen and oxygen atoms in total. The summed E-state index contributed by atoms with van der Waals surface area (Å²) in [7, 11) is 0. The van der Waals surface area contributed by atoms with Gasteiger partial charge in [-0.3, -0.25) is 4.79 Å². The number of benzene rings is 1. The molecule has 2 aliphatic carbocycles. The summed E-state index contributed by atoms with van der Waals surface area (Å²) < 4.78 is 0. The standard InChI is InChI=1S/C16H20Cl2N2O/c1-8(11-3-2-4-12(17)14(11)18)20-16(21)13-9-5-6-10(7-9)15(13)19/h2-4,8-10,13,15H,5-7,19H2,1H3,(H,20,21)/t8-,9-,10-,13+,15-/m0/s1. The van der Waals surface area contributed by atoms with E-state index in [-0.39, 0.29) is 23.9 Å². The molecule has 0 heterocycles. The van der Waals surface area contributed by atoms with E-state index in [1.54, 1.807) is 6.07 Å². The van der Waals surface area contributed by atoms with Crippen molar-refractivity contribution < 1.29 is 4.79 Å². The largest absolute Gasteiger partial charge is 0.349 e. The molecule has 0 aliphatic heterocycles. The van der Waals surface area contributed by atoms with Crippen molar-refractivity contribution in [3.05, 3.63) is 33.8 Å². The summed E-state index contributed by atoms with van der Waals surface area (Å²) in [6, 6.07) is 5.31. The van der Waals surface area contributed by atoms with E-state index in [1.807, 2.05) is 19.1 Å². The minimum Gasteiger partial charge on any atom is -0.349 e. The van der Waals surface area contributed by atoms with Gasteiger partial charge >= 0.3 is 0 Å². The van der Waals surface area contributed by atoms with Crippen LogP contribution in [-0.2, 0) is 4.79 Å². The molecule has 114 valence electrons. The molecule has 0 spiro atoms. The highest BCUT2D eigenvalue weighted by Gasteiger charge is 2.49. The topological polar surface area (TPSA) is 55.1 Å². The van der Waals surface area contributed by atoms with Crippen LogP contribution in [0, 0.1) is 17.8 Å². The molecule has 0 radical (unpaired) electrons. The molecule has 2 saturated carbocycles. The second kappa shape index (κ2) is 5.79. The van der Waals surface area contributed by atoms with Gasteiger partial charge in [-0.2, -0.15) is 0 Å². The Labute approximate surface area is 135 Å². The summed E-state index contributed by atoms with van der Waals surface area (Å²) in [5.41, 5.74) is 7.07. The second-order valence-electron chi connectivity index (χ2n) is 6.31. The number of carbonyl (C=O) groups is 1. The Morgan fingerprint density at radius 3 is 2.71 bits per heavy atom. The molecular formula is C16H20Cl2N2O. The Morgan fingerprint density at radius 2 is 2.05 bits per heavy atom. The fraction of sp³-hybridized carbons (Fsp3) is 0.562. The van der Waals surface area contributed by atoms with Crippen LogP contribution in [0.1, 0.15) is 37.8 Å². The van der Waals surface area contributed by atoms with Gasteiger partial charge in [0.2, 0.25) is 5.91 Å². The molecule has 3 N–H and O–H groups in total. The van der Waals surface area contributed by atoms with E-state index >= 15 is 0 Å². The average Bonchev–Trinajstić information content (AvgIpc) is 3.02. The number of nitrogens with one attached hydrogen (secondary N) is 1. The summed E-state index contributed by atoms with van der Waals surface area (Å²) in [5, 5.41) is 4.07. The van der Waals surface area contributed by atoms with Gasteiger partial charge < -0.3 is 11.1 Å². The maximum absolute atomic E-state index is 12.6. The Morgan fingerprint density at radius 1 is 1.33 bits per heavy atom. The highest BCUT2D eigenvalue weighted by atomic mass is 35.5. The summed E-state index contributed by atoms with van der Waals surface area (Å²) >= 11 is 12.2. The van der Waals surface area contributed by atoms with Crippen LogP contribution < -0.4 is 11.1 Å². The van der Waals surface area contributed by atoms with Crippen LogP contribution in [0.2, 0.25) is 10.0 Å². The Kier molecular flexibility index (Phi) is 4.17. The number of amides is 1. The van der Waals surface area contributed by atoms with Crippen molar-refractivity contribution in [3.8, 4) is 0 Å². The zero-order valence-electron chi connectivity index (χ0n) is 12.0. The molecular weight excluding hydrogens is 307 g/mol. The first kappa shape index (κ1) is 15.1. The number of nitrogens with two attached hydrogens (primary N) is 1. The van der Waals surface area contributed by atoms with Gasteiger partial charge in [0.05, 0.1) is 22.0 Å². The number of halogens is 2. The van der Waals surface area contributed by atoms with Crippen molar-refractivity contribution in [2.24, 2.45) is 23.5 Å².